The van der Waals surface area contributed by atoms with Crippen LogP contribution in [0.4, 0.5) is 0 Å². The van der Waals surface area contributed by atoms with Crippen molar-refractivity contribution in [1.82, 2.24) is 15.1 Å². The maximum Gasteiger partial charge on any atom is 0.290 e. The molecule has 0 radical (unpaired) electrons. The molecule has 3 aromatic rings. The number of aromatic nitrogens is 2. The van der Waals surface area contributed by atoms with Crippen LogP contribution in [0.5, 0.6) is 0 Å². The number of H-pyrrole nitrogens is 1. The predicted octanol–water partition coefficient (Wildman–Crippen LogP) is 2.97. The highest BCUT2D eigenvalue weighted by Crippen LogP contribution is 2.29. The van der Waals surface area contributed by atoms with Gasteiger partial charge in [-0.25, -0.2) is 0 Å². The van der Waals surface area contributed by atoms with Crippen LogP contribution in [0.1, 0.15) is 32.9 Å². The molecule has 112 valence electrons. The molecule has 2 aromatic heterocycles. The molecule has 1 aromatic carbocycles. The van der Waals surface area contributed by atoms with Gasteiger partial charge in [0.1, 0.15) is 5.58 Å². The first-order valence-electron chi connectivity index (χ1n) is 7.44. The summed E-state index contributed by atoms with van der Waals surface area (Å²) in [5, 5.41) is 8.05. The first-order valence-corrected chi connectivity index (χ1v) is 7.44. The lowest BCUT2D eigenvalue weighted by Crippen LogP contribution is -2.35. The smallest absolute Gasteiger partial charge is 0.290 e. The van der Waals surface area contributed by atoms with Gasteiger partial charge in [-0.15, -0.1) is 0 Å². The maximum atomic E-state index is 12.8. The molecule has 1 N–H and O–H groups in total. The molecule has 1 amide bonds. The summed E-state index contributed by atoms with van der Waals surface area (Å²) in [5.41, 5.74) is 4.99. The van der Waals surface area contributed by atoms with E-state index in [9.17, 15) is 4.79 Å². The number of fused-ring (bicyclic) bond motifs is 2. The van der Waals surface area contributed by atoms with Gasteiger partial charge in [-0.1, -0.05) is 18.2 Å². The third kappa shape index (κ3) is 1.85. The first kappa shape index (κ1) is 13.1. The number of para-hydroxylation sites is 1. The molecule has 3 heterocycles. The quantitative estimate of drug-likeness (QED) is 0.750. The number of hydrogen-bond donors (Lipinski definition) is 1. The van der Waals surface area contributed by atoms with Crippen molar-refractivity contribution in [1.29, 1.82) is 0 Å². The second-order valence-corrected chi connectivity index (χ2v) is 5.86. The van der Waals surface area contributed by atoms with Gasteiger partial charge in [0.25, 0.3) is 5.91 Å². The Kier molecular flexibility index (Phi) is 2.82. The number of amides is 1. The zero-order chi connectivity index (χ0) is 15.3. The highest BCUT2D eigenvalue weighted by molar-refractivity contribution is 5.99. The van der Waals surface area contributed by atoms with Crippen molar-refractivity contribution in [3.63, 3.8) is 0 Å². The number of aromatic amines is 1. The van der Waals surface area contributed by atoms with Crippen LogP contribution in [-0.4, -0.2) is 27.5 Å². The standard InChI is InChI=1S/C17H17N3O2/c1-10-4-3-5-13-11(2)16(22-15(10)13)17(21)20-7-6-14-12(9-20)8-18-19-14/h3-5,8H,6-7,9H2,1-2H3,(H,18,19). The number of aryl methyl sites for hydroxylation is 2. The Morgan fingerprint density at radius 1 is 1.36 bits per heavy atom. The number of rotatable bonds is 1. The second kappa shape index (κ2) is 4.73. The SMILES string of the molecule is Cc1c(C(=O)N2CCc3[nH]ncc3C2)oc2c(C)cccc12. The molecule has 22 heavy (non-hydrogen) atoms. The number of carbonyl (C=O) groups excluding carboxylic acids is 1. The average molecular weight is 295 g/mol. The predicted molar refractivity (Wildman–Crippen MR) is 82.7 cm³/mol. The molecule has 0 spiro atoms. The number of hydrogen-bond acceptors (Lipinski definition) is 3. The number of carbonyl (C=O) groups is 1. The topological polar surface area (TPSA) is 62.1 Å². The minimum absolute atomic E-state index is 0.0417. The summed E-state index contributed by atoms with van der Waals surface area (Å²) in [5.74, 6) is 0.413. The minimum Gasteiger partial charge on any atom is -0.450 e. The van der Waals surface area contributed by atoms with E-state index >= 15 is 0 Å². The molecule has 0 bridgehead atoms. The Labute approximate surface area is 127 Å². The normalized spacial score (nSPS) is 14.4. The van der Waals surface area contributed by atoms with Crippen molar-refractivity contribution < 1.29 is 9.21 Å². The molecule has 0 fully saturated rings. The van der Waals surface area contributed by atoms with Crippen LogP contribution in [0.3, 0.4) is 0 Å². The molecule has 1 aliphatic rings. The lowest BCUT2D eigenvalue weighted by molar-refractivity contribution is 0.0703. The molecule has 0 saturated carbocycles. The van der Waals surface area contributed by atoms with Crippen molar-refractivity contribution in [2.75, 3.05) is 6.54 Å². The summed E-state index contributed by atoms with van der Waals surface area (Å²) >= 11 is 0. The van der Waals surface area contributed by atoms with Gasteiger partial charge in [-0.05, 0) is 19.4 Å². The summed E-state index contributed by atoms with van der Waals surface area (Å²) in [7, 11) is 0. The van der Waals surface area contributed by atoms with Crippen LogP contribution in [0.2, 0.25) is 0 Å². The Hall–Kier alpha value is -2.56. The Morgan fingerprint density at radius 3 is 3.05 bits per heavy atom. The van der Waals surface area contributed by atoms with Crippen LogP contribution in [0.25, 0.3) is 11.0 Å². The lowest BCUT2D eigenvalue weighted by Gasteiger charge is -2.25. The van der Waals surface area contributed by atoms with Crippen molar-refractivity contribution in [3.8, 4) is 0 Å². The van der Waals surface area contributed by atoms with E-state index in [0.717, 1.165) is 39.8 Å². The van der Waals surface area contributed by atoms with E-state index in [4.69, 9.17) is 4.42 Å². The summed E-state index contributed by atoms with van der Waals surface area (Å²) in [4.78, 5) is 14.7. The largest absolute Gasteiger partial charge is 0.450 e. The third-order valence-corrected chi connectivity index (χ3v) is 4.44. The van der Waals surface area contributed by atoms with Crippen molar-refractivity contribution in [3.05, 3.63) is 52.5 Å². The van der Waals surface area contributed by atoms with E-state index in [-0.39, 0.29) is 5.91 Å². The fraction of sp³-hybridized carbons (Fsp3) is 0.294. The molecule has 5 nitrogen and oxygen atoms in total. The molecule has 0 unspecified atom stereocenters. The zero-order valence-corrected chi connectivity index (χ0v) is 12.6. The zero-order valence-electron chi connectivity index (χ0n) is 12.6. The number of nitrogens with zero attached hydrogens (tertiary/aromatic N) is 2. The van der Waals surface area contributed by atoms with Gasteiger partial charge in [-0.2, -0.15) is 5.10 Å². The molecule has 1 aliphatic heterocycles. The van der Waals surface area contributed by atoms with E-state index in [2.05, 4.69) is 10.2 Å². The number of benzene rings is 1. The molecule has 0 atom stereocenters. The molecule has 4 rings (SSSR count). The molecule has 0 saturated heterocycles. The van der Waals surface area contributed by atoms with Crippen LogP contribution in [0, 0.1) is 13.8 Å². The van der Waals surface area contributed by atoms with Crippen LogP contribution in [-0.2, 0) is 13.0 Å². The van der Waals surface area contributed by atoms with E-state index in [1.54, 1.807) is 6.20 Å². The highest BCUT2D eigenvalue weighted by atomic mass is 16.3. The summed E-state index contributed by atoms with van der Waals surface area (Å²) < 4.78 is 5.90. The molecule has 0 aliphatic carbocycles. The summed E-state index contributed by atoms with van der Waals surface area (Å²) in [6, 6.07) is 5.99. The number of furan rings is 1. The van der Waals surface area contributed by atoms with Gasteiger partial charge in [0, 0.05) is 41.7 Å². The fourth-order valence-electron chi connectivity index (χ4n) is 3.13. The Morgan fingerprint density at radius 2 is 2.23 bits per heavy atom. The van der Waals surface area contributed by atoms with Crippen LogP contribution >= 0.6 is 0 Å². The van der Waals surface area contributed by atoms with Gasteiger partial charge in [-0.3, -0.25) is 9.89 Å². The minimum atomic E-state index is -0.0417. The molecule has 5 heteroatoms. The summed E-state index contributed by atoms with van der Waals surface area (Å²) in [6.07, 6.45) is 2.60. The fourth-order valence-corrected chi connectivity index (χ4v) is 3.13. The number of nitrogens with one attached hydrogen (secondary N) is 1. The Bertz CT molecular complexity index is 875. The third-order valence-electron chi connectivity index (χ3n) is 4.44. The lowest BCUT2D eigenvalue weighted by atomic mass is 10.1. The van der Waals surface area contributed by atoms with E-state index in [1.165, 1.54) is 0 Å². The average Bonchev–Trinajstić information content (AvgIpc) is 3.12. The van der Waals surface area contributed by atoms with Gasteiger partial charge in [0.2, 0.25) is 0 Å². The van der Waals surface area contributed by atoms with E-state index < -0.39 is 0 Å². The van der Waals surface area contributed by atoms with E-state index in [0.29, 0.717) is 18.8 Å². The van der Waals surface area contributed by atoms with Gasteiger partial charge >= 0.3 is 0 Å². The monoisotopic (exact) mass is 295 g/mol. The van der Waals surface area contributed by atoms with Gasteiger partial charge < -0.3 is 9.32 Å². The second-order valence-electron chi connectivity index (χ2n) is 5.86. The molecular weight excluding hydrogens is 278 g/mol. The van der Waals surface area contributed by atoms with Gasteiger partial charge in [0.05, 0.1) is 6.20 Å². The van der Waals surface area contributed by atoms with Crippen molar-refractivity contribution in [2.45, 2.75) is 26.8 Å². The Balaban J connectivity index is 1.72. The maximum absolute atomic E-state index is 12.8. The van der Waals surface area contributed by atoms with Crippen LogP contribution in [0.15, 0.2) is 28.8 Å². The highest BCUT2D eigenvalue weighted by Gasteiger charge is 2.27. The van der Waals surface area contributed by atoms with Gasteiger partial charge in [0.15, 0.2) is 5.76 Å². The molecular formula is C17H17N3O2. The summed E-state index contributed by atoms with van der Waals surface area (Å²) in [6.45, 7) is 5.22. The van der Waals surface area contributed by atoms with Crippen LogP contribution < -0.4 is 0 Å². The van der Waals surface area contributed by atoms with Crippen molar-refractivity contribution in [2.24, 2.45) is 0 Å². The van der Waals surface area contributed by atoms with Crippen molar-refractivity contribution >= 4 is 16.9 Å². The first-order chi connectivity index (χ1) is 10.6. The van der Waals surface area contributed by atoms with E-state index in [1.807, 2.05) is 36.9 Å².